The predicted octanol–water partition coefficient (Wildman–Crippen LogP) is 2.54. The van der Waals surface area contributed by atoms with Crippen molar-refractivity contribution in [3.63, 3.8) is 0 Å². The molecule has 0 aliphatic heterocycles. The van der Waals surface area contributed by atoms with Crippen molar-refractivity contribution in [2.45, 2.75) is 59.3 Å². The molecule has 0 radical (unpaired) electrons. The van der Waals surface area contributed by atoms with Crippen LogP contribution in [-0.4, -0.2) is 43.4 Å². The Hall–Kier alpha value is -2.90. The molecule has 8 nitrogen and oxygen atoms in total. The van der Waals surface area contributed by atoms with Crippen LogP contribution in [0, 0.1) is 43.9 Å². The summed E-state index contributed by atoms with van der Waals surface area (Å²) >= 11 is 0. The Labute approximate surface area is 200 Å². The van der Waals surface area contributed by atoms with Crippen LogP contribution in [0.5, 0.6) is 0 Å². The highest BCUT2D eigenvalue weighted by atomic mass is 16.5. The minimum Gasteiger partial charge on any atom is -0.454 e. The molecule has 0 saturated heterocycles. The quantitative estimate of drug-likeness (QED) is 0.507. The zero-order chi connectivity index (χ0) is 24.5. The number of nitrogens with one attached hydrogen (secondary N) is 3. The van der Waals surface area contributed by atoms with Crippen LogP contribution in [0.4, 0.5) is 5.69 Å². The number of hydrogen-bond acceptors (Lipinski definition) is 5. The standard InChI is InChI=1S/C26H35N3O5/c1-15-4-16(2)24(17(3)5-15)29-21(30)12-27-22(31)14-34-23(32)13-28-25(33)26-9-18-6-19(10-26)8-20(7-18)11-26/h4-5,18-20H,6-14H2,1-3H3,(H,27,31)(H,28,33)(H,29,30). The zero-order valence-electron chi connectivity index (χ0n) is 20.3. The fraction of sp³-hybridized carbons (Fsp3) is 0.615. The van der Waals surface area contributed by atoms with E-state index in [9.17, 15) is 19.2 Å². The van der Waals surface area contributed by atoms with E-state index in [0.717, 1.165) is 41.6 Å². The van der Waals surface area contributed by atoms with Crippen molar-refractivity contribution in [1.82, 2.24) is 10.6 Å². The van der Waals surface area contributed by atoms with Crippen LogP contribution >= 0.6 is 0 Å². The second-order valence-electron chi connectivity index (χ2n) is 10.6. The molecule has 4 bridgehead atoms. The number of ether oxygens (including phenoxy) is 1. The molecular weight excluding hydrogens is 434 g/mol. The first kappa shape index (κ1) is 24.2. The molecule has 1 aromatic rings. The van der Waals surface area contributed by atoms with Crippen molar-refractivity contribution in [2.24, 2.45) is 23.2 Å². The third kappa shape index (κ3) is 5.42. The van der Waals surface area contributed by atoms with E-state index in [2.05, 4.69) is 16.0 Å². The van der Waals surface area contributed by atoms with Gasteiger partial charge in [-0.2, -0.15) is 0 Å². The summed E-state index contributed by atoms with van der Waals surface area (Å²) in [5, 5.41) is 8.00. The number of hydrogen-bond donors (Lipinski definition) is 3. The first-order valence-electron chi connectivity index (χ1n) is 12.2. The molecule has 0 spiro atoms. The molecule has 34 heavy (non-hydrogen) atoms. The maximum atomic E-state index is 12.9. The van der Waals surface area contributed by atoms with Crippen LogP contribution in [0.3, 0.4) is 0 Å². The summed E-state index contributed by atoms with van der Waals surface area (Å²) in [4.78, 5) is 49.2. The molecule has 3 N–H and O–H groups in total. The smallest absolute Gasteiger partial charge is 0.325 e. The van der Waals surface area contributed by atoms with Gasteiger partial charge in [-0.3, -0.25) is 19.2 Å². The fourth-order valence-corrected chi connectivity index (χ4v) is 6.72. The maximum absolute atomic E-state index is 12.9. The first-order valence-corrected chi connectivity index (χ1v) is 12.2. The van der Waals surface area contributed by atoms with Crippen molar-refractivity contribution in [3.8, 4) is 0 Å². The minimum absolute atomic E-state index is 0.0497. The molecule has 0 heterocycles. The van der Waals surface area contributed by atoms with Gasteiger partial charge >= 0.3 is 5.97 Å². The molecule has 0 aromatic heterocycles. The summed E-state index contributed by atoms with van der Waals surface area (Å²) in [6, 6.07) is 3.95. The molecule has 5 rings (SSSR count). The SMILES string of the molecule is Cc1cc(C)c(NC(=O)CNC(=O)COC(=O)CNC(=O)C23CC4CC(CC(C4)C2)C3)c(C)c1. The average molecular weight is 470 g/mol. The number of aryl methyl sites for hydroxylation is 3. The summed E-state index contributed by atoms with van der Waals surface area (Å²) < 4.78 is 4.98. The molecule has 4 aliphatic carbocycles. The Balaban J connectivity index is 1.15. The molecule has 0 unspecified atom stereocenters. The van der Waals surface area contributed by atoms with Crippen molar-refractivity contribution in [3.05, 3.63) is 28.8 Å². The van der Waals surface area contributed by atoms with Gasteiger partial charge in [0, 0.05) is 11.1 Å². The Kier molecular flexibility index (Phi) is 6.96. The van der Waals surface area contributed by atoms with Gasteiger partial charge in [0.25, 0.3) is 5.91 Å². The Morgan fingerprint density at radius 2 is 1.41 bits per heavy atom. The van der Waals surface area contributed by atoms with Crippen molar-refractivity contribution in [2.75, 3.05) is 25.0 Å². The van der Waals surface area contributed by atoms with Crippen LogP contribution < -0.4 is 16.0 Å². The lowest BCUT2D eigenvalue weighted by Gasteiger charge is -2.55. The molecule has 4 saturated carbocycles. The normalized spacial score (nSPS) is 26.6. The van der Waals surface area contributed by atoms with Crippen LogP contribution in [0.1, 0.15) is 55.2 Å². The van der Waals surface area contributed by atoms with Gasteiger partial charge in [0.05, 0.1) is 6.54 Å². The van der Waals surface area contributed by atoms with Crippen molar-refractivity contribution in [1.29, 1.82) is 0 Å². The average Bonchev–Trinajstić information content (AvgIpc) is 2.76. The lowest BCUT2D eigenvalue weighted by molar-refractivity contribution is -0.152. The van der Waals surface area contributed by atoms with Gasteiger partial charge in [0.1, 0.15) is 6.54 Å². The molecule has 3 amide bonds. The lowest BCUT2D eigenvalue weighted by Crippen LogP contribution is -2.54. The fourth-order valence-electron chi connectivity index (χ4n) is 6.72. The number of carbonyl (C=O) groups is 4. The third-order valence-corrected chi connectivity index (χ3v) is 7.67. The molecule has 8 heteroatoms. The Morgan fingerprint density at radius 3 is 1.97 bits per heavy atom. The van der Waals surface area contributed by atoms with E-state index in [1.165, 1.54) is 19.3 Å². The highest BCUT2D eigenvalue weighted by molar-refractivity contribution is 5.96. The summed E-state index contributed by atoms with van der Waals surface area (Å²) in [5.41, 5.74) is 3.40. The van der Waals surface area contributed by atoms with Gasteiger partial charge in [-0.25, -0.2) is 0 Å². The summed E-state index contributed by atoms with van der Waals surface area (Å²) in [6.45, 7) is 4.83. The van der Waals surface area contributed by atoms with E-state index in [-0.39, 0.29) is 30.3 Å². The second kappa shape index (κ2) is 9.76. The largest absolute Gasteiger partial charge is 0.454 e. The number of rotatable bonds is 8. The molecule has 4 fully saturated rings. The number of amides is 3. The van der Waals surface area contributed by atoms with Crippen LogP contribution in [0.2, 0.25) is 0 Å². The number of esters is 1. The number of anilines is 1. The Bertz CT molecular complexity index is 944. The van der Waals surface area contributed by atoms with Crippen molar-refractivity contribution < 1.29 is 23.9 Å². The highest BCUT2D eigenvalue weighted by Gasteiger charge is 2.54. The van der Waals surface area contributed by atoms with E-state index in [0.29, 0.717) is 17.8 Å². The number of carbonyl (C=O) groups excluding carboxylic acids is 4. The topological polar surface area (TPSA) is 114 Å². The van der Waals surface area contributed by atoms with Crippen LogP contribution in [0.25, 0.3) is 0 Å². The predicted molar refractivity (Wildman–Crippen MR) is 127 cm³/mol. The van der Waals surface area contributed by atoms with E-state index in [1.807, 2.05) is 32.9 Å². The van der Waals surface area contributed by atoms with Gasteiger partial charge in [-0.15, -0.1) is 0 Å². The van der Waals surface area contributed by atoms with E-state index >= 15 is 0 Å². The molecular formula is C26H35N3O5. The first-order chi connectivity index (χ1) is 16.1. The summed E-state index contributed by atoms with van der Waals surface area (Å²) in [6.07, 6.45) is 6.49. The minimum atomic E-state index is -0.663. The molecule has 0 atom stereocenters. The zero-order valence-corrected chi connectivity index (χ0v) is 20.3. The van der Waals surface area contributed by atoms with Crippen LogP contribution in [-0.2, 0) is 23.9 Å². The monoisotopic (exact) mass is 469 g/mol. The van der Waals surface area contributed by atoms with E-state index in [1.54, 1.807) is 0 Å². The van der Waals surface area contributed by atoms with Crippen molar-refractivity contribution >= 4 is 29.4 Å². The third-order valence-electron chi connectivity index (χ3n) is 7.67. The summed E-state index contributed by atoms with van der Waals surface area (Å²) in [5.74, 6) is 0.275. The maximum Gasteiger partial charge on any atom is 0.325 e. The van der Waals surface area contributed by atoms with Gasteiger partial charge in [0.2, 0.25) is 11.8 Å². The summed E-state index contributed by atoms with van der Waals surface area (Å²) in [7, 11) is 0. The van der Waals surface area contributed by atoms with Gasteiger partial charge in [-0.1, -0.05) is 17.7 Å². The van der Waals surface area contributed by atoms with E-state index in [4.69, 9.17) is 4.74 Å². The molecule has 4 aliphatic rings. The number of benzene rings is 1. The molecule has 184 valence electrons. The van der Waals surface area contributed by atoms with Gasteiger partial charge in [-0.05, 0) is 88.2 Å². The second-order valence-corrected chi connectivity index (χ2v) is 10.6. The van der Waals surface area contributed by atoms with Crippen LogP contribution in [0.15, 0.2) is 12.1 Å². The lowest BCUT2D eigenvalue weighted by atomic mass is 9.49. The Morgan fingerprint density at radius 1 is 0.853 bits per heavy atom. The van der Waals surface area contributed by atoms with Gasteiger partial charge in [0.15, 0.2) is 6.61 Å². The van der Waals surface area contributed by atoms with Gasteiger partial charge < -0.3 is 20.7 Å². The molecule has 1 aromatic carbocycles. The van der Waals surface area contributed by atoms with E-state index < -0.39 is 18.5 Å². The highest BCUT2D eigenvalue weighted by Crippen LogP contribution is 2.60.